The van der Waals surface area contributed by atoms with Crippen molar-refractivity contribution in [3.05, 3.63) is 40.3 Å². The first-order valence-electron chi connectivity index (χ1n) is 14.9. The van der Waals surface area contributed by atoms with Gasteiger partial charge in [0.1, 0.15) is 11.2 Å². The quantitative estimate of drug-likeness (QED) is 0.491. The molecule has 1 aromatic heterocycles. The van der Waals surface area contributed by atoms with Crippen LogP contribution in [0.5, 0.6) is 0 Å². The van der Waals surface area contributed by atoms with Crippen molar-refractivity contribution in [3.8, 4) is 0 Å². The highest BCUT2D eigenvalue weighted by molar-refractivity contribution is 5.77. The van der Waals surface area contributed by atoms with Crippen molar-refractivity contribution in [2.24, 2.45) is 45.8 Å². The fraction of sp³-hybridized carbons (Fsp3) is 0.750. The predicted molar refractivity (Wildman–Crippen MR) is 145 cm³/mol. The third-order valence-corrected chi connectivity index (χ3v) is 12.7. The van der Waals surface area contributed by atoms with Gasteiger partial charge in [-0.1, -0.05) is 33.8 Å². The van der Waals surface area contributed by atoms with Crippen LogP contribution in [0.4, 0.5) is 4.39 Å². The Bertz CT molecular complexity index is 1280. The summed E-state index contributed by atoms with van der Waals surface area (Å²) >= 11 is 0. The van der Waals surface area contributed by atoms with Crippen LogP contribution in [-0.4, -0.2) is 27.4 Å². The van der Waals surface area contributed by atoms with Gasteiger partial charge in [-0.15, -0.1) is 0 Å². The Morgan fingerprint density at radius 3 is 2.63 bits per heavy atom. The lowest BCUT2D eigenvalue weighted by Crippen LogP contribution is -2.62. The molecule has 4 aliphatic carbocycles. The number of fused-ring (bicyclic) bond motifs is 6. The van der Waals surface area contributed by atoms with Gasteiger partial charge in [0, 0.05) is 6.42 Å². The minimum absolute atomic E-state index is 0.0745. The molecule has 1 aromatic carbocycles. The van der Waals surface area contributed by atoms with Gasteiger partial charge in [0.15, 0.2) is 5.89 Å². The smallest absolute Gasteiger partial charge is 0.349 e. The minimum atomic E-state index is -0.650. The maximum absolute atomic E-state index is 14.1. The summed E-state index contributed by atoms with van der Waals surface area (Å²) in [5, 5.41) is 21.9. The molecule has 6 rings (SSSR count). The summed E-state index contributed by atoms with van der Waals surface area (Å²) in [4.78, 5) is 16.9. The second kappa shape index (κ2) is 9.12. The Kier molecular flexibility index (Phi) is 6.35. The average molecular weight is 526 g/mol. The van der Waals surface area contributed by atoms with E-state index in [4.69, 9.17) is 4.42 Å². The van der Waals surface area contributed by atoms with E-state index >= 15 is 0 Å². The first-order chi connectivity index (χ1) is 18.0. The van der Waals surface area contributed by atoms with E-state index in [1.807, 2.05) is 0 Å². The van der Waals surface area contributed by atoms with Gasteiger partial charge in [0.2, 0.25) is 0 Å². The van der Waals surface area contributed by atoms with Gasteiger partial charge in [-0.2, -0.15) is 0 Å². The van der Waals surface area contributed by atoms with E-state index in [1.165, 1.54) is 12.5 Å². The second-order valence-electron chi connectivity index (χ2n) is 14.1. The number of aryl methyl sites for hydroxylation is 1. The Morgan fingerprint density at radius 2 is 1.84 bits per heavy atom. The normalized spacial score (nSPS) is 43.3. The Morgan fingerprint density at radius 1 is 1.08 bits per heavy atom. The molecule has 208 valence electrons. The summed E-state index contributed by atoms with van der Waals surface area (Å²) < 4.78 is 19.5. The molecule has 2 N–H and O–H groups in total. The molecule has 0 bridgehead atoms. The molecule has 0 saturated heterocycles. The number of halogens is 1. The van der Waals surface area contributed by atoms with Crippen LogP contribution in [0.15, 0.2) is 27.4 Å². The summed E-state index contributed by atoms with van der Waals surface area (Å²) in [6.07, 6.45) is 9.20. The SMILES string of the molecule is C[C@H](CCc1nc2cccc(F)c2c(=O)o1)[C@H]1CC[C@@]2(C)[C@H]3C(CC[C@]12C)[C@@]1(C)CC[C@@H](O)C[C@H]1C[C@@H]3O. The zero-order valence-corrected chi connectivity index (χ0v) is 23.4. The minimum Gasteiger partial charge on any atom is -0.408 e. The topological polar surface area (TPSA) is 83.6 Å². The van der Waals surface area contributed by atoms with E-state index in [0.29, 0.717) is 47.4 Å². The summed E-state index contributed by atoms with van der Waals surface area (Å²) in [6, 6.07) is 4.50. The van der Waals surface area contributed by atoms with Gasteiger partial charge in [0.25, 0.3) is 0 Å². The molecular weight excluding hydrogens is 481 g/mol. The van der Waals surface area contributed by atoms with E-state index in [2.05, 4.69) is 32.7 Å². The molecule has 1 unspecified atom stereocenters. The van der Waals surface area contributed by atoms with Gasteiger partial charge in [-0.3, -0.25) is 0 Å². The van der Waals surface area contributed by atoms with Gasteiger partial charge < -0.3 is 14.6 Å². The standard InChI is InChI=1S/C32H44FNO4/c1-18(8-9-26-34-24-7-5-6-23(33)27(24)29(37)38-26)21-11-15-32(4)28-22(12-14-31(21,32)3)30(2)13-10-20(35)16-19(30)17-25(28)36/h5-7,18-22,25,28,35-36H,8-17H2,1-4H3/t18-,19+,20-,21-,22?,25+,28+,30+,31-,32+/m1/s1. The maximum atomic E-state index is 14.1. The zero-order valence-electron chi connectivity index (χ0n) is 23.4. The molecule has 0 aliphatic heterocycles. The lowest BCUT2D eigenvalue weighted by molar-refractivity contribution is -0.206. The van der Waals surface area contributed by atoms with Crippen molar-refractivity contribution in [1.82, 2.24) is 4.98 Å². The lowest BCUT2D eigenvalue weighted by Gasteiger charge is -2.66. The molecule has 0 spiro atoms. The monoisotopic (exact) mass is 525 g/mol. The van der Waals surface area contributed by atoms with Gasteiger partial charge in [-0.05, 0) is 116 Å². The lowest BCUT2D eigenvalue weighted by atomic mass is 9.39. The molecule has 4 fully saturated rings. The predicted octanol–water partition coefficient (Wildman–Crippen LogP) is 6.28. The molecule has 0 radical (unpaired) electrons. The summed E-state index contributed by atoms with van der Waals surface area (Å²) in [6.45, 7) is 9.74. The fourth-order valence-electron chi connectivity index (χ4n) is 10.4. The maximum Gasteiger partial charge on any atom is 0.349 e. The number of aromatic nitrogens is 1. The first-order valence-corrected chi connectivity index (χ1v) is 14.9. The zero-order chi connectivity index (χ0) is 27.0. The summed E-state index contributed by atoms with van der Waals surface area (Å²) in [7, 11) is 0. The third kappa shape index (κ3) is 3.76. The van der Waals surface area contributed by atoms with Crippen molar-refractivity contribution in [2.75, 3.05) is 0 Å². The molecule has 10 atom stereocenters. The van der Waals surface area contributed by atoms with Crippen LogP contribution in [0, 0.1) is 51.7 Å². The van der Waals surface area contributed by atoms with Crippen molar-refractivity contribution < 1.29 is 19.0 Å². The molecule has 6 heteroatoms. The molecule has 38 heavy (non-hydrogen) atoms. The van der Waals surface area contributed by atoms with Crippen LogP contribution in [0.1, 0.15) is 91.4 Å². The highest BCUT2D eigenvalue weighted by Crippen LogP contribution is 2.73. The second-order valence-corrected chi connectivity index (χ2v) is 14.1. The number of rotatable bonds is 4. The van der Waals surface area contributed by atoms with Gasteiger partial charge >= 0.3 is 5.63 Å². The van der Waals surface area contributed by atoms with E-state index in [0.717, 1.165) is 51.4 Å². The molecule has 5 nitrogen and oxygen atoms in total. The number of nitrogens with zero attached hydrogens (tertiary/aromatic N) is 1. The van der Waals surface area contributed by atoms with Crippen molar-refractivity contribution >= 4 is 10.9 Å². The van der Waals surface area contributed by atoms with Crippen molar-refractivity contribution in [1.29, 1.82) is 0 Å². The van der Waals surface area contributed by atoms with E-state index in [9.17, 15) is 19.4 Å². The number of hydrogen-bond acceptors (Lipinski definition) is 5. The molecule has 0 amide bonds. The number of hydrogen-bond donors (Lipinski definition) is 2. The van der Waals surface area contributed by atoms with Gasteiger partial charge in [0.05, 0.1) is 17.7 Å². The van der Waals surface area contributed by atoms with E-state index < -0.39 is 11.4 Å². The van der Waals surface area contributed by atoms with Crippen molar-refractivity contribution in [2.45, 2.75) is 104 Å². The Labute approximate surface area is 225 Å². The van der Waals surface area contributed by atoms with E-state index in [1.54, 1.807) is 12.1 Å². The van der Waals surface area contributed by atoms with Crippen LogP contribution < -0.4 is 5.63 Å². The number of benzene rings is 1. The molecule has 1 heterocycles. The number of aliphatic hydroxyl groups excluding tert-OH is 2. The molecule has 4 aliphatic rings. The van der Waals surface area contributed by atoms with Crippen LogP contribution >= 0.6 is 0 Å². The fourth-order valence-corrected chi connectivity index (χ4v) is 10.4. The van der Waals surface area contributed by atoms with E-state index in [-0.39, 0.29) is 33.8 Å². The number of aliphatic hydroxyl groups is 2. The summed E-state index contributed by atoms with van der Waals surface area (Å²) in [5.41, 5.74) is 0.158. The Hall–Kier alpha value is -1.79. The van der Waals surface area contributed by atoms with Crippen LogP contribution in [0.3, 0.4) is 0 Å². The average Bonchev–Trinajstić information content (AvgIpc) is 3.14. The third-order valence-electron chi connectivity index (χ3n) is 12.7. The summed E-state index contributed by atoms with van der Waals surface area (Å²) in [5.74, 6) is 2.00. The first kappa shape index (κ1) is 26.4. The molecular formula is C32H44FNO4. The highest BCUT2D eigenvalue weighted by atomic mass is 19.1. The van der Waals surface area contributed by atoms with Crippen molar-refractivity contribution in [3.63, 3.8) is 0 Å². The van der Waals surface area contributed by atoms with Crippen LogP contribution in [0.25, 0.3) is 10.9 Å². The molecule has 4 saturated carbocycles. The highest BCUT2D eigenvalue weighted by Gasteiger charge is 2.67. The van der Waals surface area contributed by atoms with Crippen LogP contribution in [-0.2, 0) is 6.42 Å². The van der Waals surface area contributed by atoms with Crippen LogP contribution in [0.2, 0.25) is 0 Å². The van der Waals surface area contributed by atoms with Gasteiger partial charge in [-0.25, -0.2) is 14.2 Å². The molecule has 2 aromatic rings. The Balaban J connectivity index is 1.22. The largest absolute Gasteiger partial charge is 0.408 e.